The summed E-state index contributed by atoms with van der Waals surface area (Å²) in [5, 5.41) is 16.0. The first-order chi connectivity index (χ1) is 6.99. The van der Waals surface area contributed by atoms with Crippen LogP contribution in [0.3, 0.4) is 0 Å². The third-order valence-corrected chi connectivity index (χ3v) is 2.78. The topological polar surface area (TPSA) is 67.2 Å². The van der Waals surface area contributed by atoms with Crippen LogP contribution in [0.4, 0.5) is 0 Å². The number of carboxylic acid groups (broad SMARTS) is 1. The average Bonchev–Trinajstić information content (AvgIpc) is 2.60. The monoisotopic (exact) mass is 211 g/mol. The van der Waals surface area contributed by atoms with Gasteiger partial charge in [-0.15, -0.1) is 0 Å². The number of hydrogen-bond donors (Lipinski definition) is 2. The molecule has 0 fully saturated rings. The molecule has 5 heteroatoms. The number of aromatic nitrogens is 2. The standard InChI is InChI=1S/C10H17N3O2/c1-8-4-6-12-13(8)7-5-10(2,11-3)9(14)15/h4,6,11H,5,7H2,1-3H3,(H,14,15). The van der Waals surface area contributed by atoms with E-state index in [2.05, 4.69) is 10.4 Å². The van der Waals surface area contributed by atoms with Crippen LogP contribution in [0, 0.1) is 6.92 Å². The van der Waals surface area contributed by atoms with E-state index >= 15 is 0 Å². The zero-order valence-corrected chi connectivity index (χ0v) is 9.32. The minimum absolute atomic E-state index is 0.501. The second kappa shape index (κ2) is 4.44. The summed E-state index contributed by atoms with van der Waals surface area (Å²) < 4.78 is 1.80. The van der Waals surface area contributed by atoms with Gasteiger partial charge in [-0.05, 0) is 33.4 Å². The largest absolute Gasteiger partial charge is 0.480 e. The number of aliphatic carboxylic acids is 1. The molecule has 0 aromatic carbocycles. The van der Waals surface area contributed by atoms with Crippen LogP contribution in [0.5, 0.6) is 0 Å². The van der Waals surface area contributed by atoms with Gasteiger partial charge in [0.25, 0.3) is 0 Å². The molecule has 1 aromatic rings. The summed E-state index contributed by atoms with van der Waals surface area (Å²) >= 11 is 0. The Balaban J connectivity index is 2.63. The third-order valence-electron chi connectivity index (χ3n) is 2.78. The van der Waals surface area contributed by atoms with Crippen LogP contribution in [0.2, 0.25) is 0 Å². The normalized spacial score (nSPS) is 14.9. The van der Waals surface area contributed by atoms with Crippen molar-refractivity contribution in [2.75, 3.05) is 7.05 Å². The second-order valence-electron chi connectivity index (χ2n) is 3.83. The fourth-order valence-corrected chi connectivity index (χ4v) is 1.30. The highest BCUT2D eigenvalue weighted by atomic mass is 16.4. The molecule has 0 aliphatic carbocycles. The third kappa shape index (κ3) is 2.56. The maximum Gasteiger partial charge on any atom is 0.323 e. The highest BCUT2D eigenvalue weighted by Crippen LogP contribution is 2.11. The smallest absolute Gasteiger partial charge is 0.323 e. The number of nitrogens with one attached hydrogen (secondary N) is 1. The Kier molecular flexibility index (Phi) is 3.47. The lowest BCUT2D eigenvalue weighted by Crippen LogP contribution is -2.48. The predicted molar refractivity (Wildman–Crippen MR) is 56.7 cm³/mol. The van der Waals surface area contributed by atoms with E-state index in [0.29, 0.717) is 13.0 Å². The average molecular weight is 211 g/mol. The molecule has 1 unspecified atom stereocenters. The first-order valence-corrected chi connectivity index (χ1v) is 4.90. The Labute approximate surface area is 89.1 Å². The molecule has 15 heavy (non-hydrogen) atoms. The molecule has 1 rings (SSSR count). The minimum atomic E-state index is -0.890. The lowest BCUT2D eigenvalue weighted by atomic mass is 9.98. The van der Waals surface area contributed by atoms with Gasteiger partial charge in [-0.2, -0.15) is 5.10 Å². The van der Waals surface area contributed by atoms with E-state index in [9.17, 15) is 4.79 Å². The molecule has 0 radical (unpaired) electrons. The van der Waals surface area contributed by atoms with Gasteiger partial charge in [0.15, 0.2) is 0 Å². The number of hydrogen-bond acceptors (Lipinski definition) is 3. The Morgan fingerprint density at radius 2 is 2.40 bits per heavy atom. The zero-order valence-electron chi connectivity index (χ0n) is 9.32. The van der Waals surface area contributed by atoms with Crippen LogP contribution in [0.25, 0.3) is 0 Å². The van der Waals surface area contributed by atoms with Crippen LogP contribution < -0.4 is 5.32 Å². The molecule has 5 nitrogen and oxygen atoms in total. The van der Waals surface area contributed by atoms with Crippen molar-refractivity contribution in [1.29, 1.82) is 0 Å². The summed E-state index contributed by atoms with van der Waals surface area (Å²) in [6.07, 6.45) is 2.22. The minimum Gasteiger partial charge on any atom is -0.480 e. The molecule has 1 heterocycles. The van der Waals surface area contributed by atoms with E-state index < -0.39 is 11.5 Å². The van der Waals surface area contributed by atoms with Gasteiger partial charge < -0.3 is 10.4 Å². The van der Waals surface area contributed by atoms with Crippen molar-refractivity contribution < 1.29 is 9.90 Å². The van der Waals surface area contributed by atoms with Crippen molar-refractivity contribution in [1.82, 2.24) is 15.1 Å². The number of carbonyl (C=O) groups is 1. The quantitative estimate of drug-likeness (QED) is 0.750. The summed E-state index contributed by atoms with van der Waals surface area (Å²) in [7, 11) is 1.66. The van der Waals surface area contributed by atoms with E-state index in [1.807, 2.05) is 13.0 Å². The summed E-state index contributed by atoms with van der Waals surface area (Å²) in [5.41, 5.74) is 0.150. The van der Waals surface area contributed by atoms with E-state index in [1.54, 1.807) is 24.9 Å². The molecule has 0 spiro atoms. The highest BCUT2D eigenvalue weighted by Gasteiger charge is 2.30. The Hall–Kier alpha value is -1.36. The zero-order chi connectivity index (χ0) is 11.5. The van der Waals surface area contributed by atoms with Crippen LogP contribution in [0.15, 0.2) is 12.3 Å². The van der Waals surface area contributed by atoms with E-state index in [1.165, 1.54) is 0 Å². The number of nitrogens with zero attached hydrogens (tertiary/aromatic N) is 2. The predicted octanol–water partition coefficient (Wildman–Crippen LogP) is 0.644. The second-order valence-corrected chi connectivity index (χ2v) is 3.83. The molecule has 0 bridgehead atoms. The first kappa shape index (κ1) is 11.7. The number of carboxylic acids is 1. The number of aryl methyl sites for hydroxylation is 2. The van der Waals surface area contributed by atoms with Crippen molar-refractivity contribution in [3.63, 3.8) is 0 Å². The molecule has 0 aliphatic rings. The molecule has 1 aromatic heterocycles. The van der Waals surface area contributed by atoms with Gasteiger partial charge in [-0.1, -0.05) is 0 Å². The maximum atomic E-state index is 11.0. The van der Waals surface area contributed by atoms with Gasteiger partial charge in [-0.3, -0.25) is 9.48 Å². The lowest BCUT2D eigenvalue weighted by Gasteiger charge is -2.24. The molecule has 0 amide bonds. The molecule has 1 atom stereocenters. The molecular formula is C10H17N3O2. The first-order valence-electron chi connectivity index (χ1n) is 4.90. The van der Waals surface area contributed by atoms with Crippen LogP contribution in [0.1, 0.15) is 19.0 Å². The van der Waals surface area contributed by atoms with Gasteiger partial charge in [-0.25, -0.2) is 0 Å². The molecule has 0 saturated carbocycles. The van der Waals surface area contributed by atoms with Crippen LogP contribution >= 0.6 is 0 Å². The lowest BCUT2D eigenvalue weighted by molar-refractivity contribution is -0.144. The van der Waals surface area contributed by atoms with E-state index in [-0.39, 0.29) is 0 Å². The summed E-state index contributed by atoms with van der Waals surface area (Å²) in [6.45, 7) is 4.22. The molecule has 2 N–H and O–H groups in total. The SMILES string of the molecule is CNC(C)(CCn1nccc1C)C(=O)O. The van der Waals surface area contributed by atoms with E-state index in [0.717, 1.165) is 5.69 Å². The summed E-state index contributed by atoms with van der Waals surface area (Å²) in [5.74, 6) is -0.838. The van der Waals surface area contributed by atoms with Crippen molar-refractivity contribution in [2.24, 2.45) is 0 Å². The van der Waals surface area contributed by atoms with Crippen LogP contribution in [-0.2, 0) is 11.3 Å². The van der Waals surface area contributed by atoms with Gasteiger partial charge >= 0.3 is 5.97 Å². The maximum absolute atomic E-state index is 11.0. The number of likely N-dealkylation sites (N-methyl/N-ethyl adjacent to an activating group) is 1. The van der Waals surface area contributed by atoms with Gasteiger partial charge in [0.2, 0.25) is 0 Å². The molecule has 84 valence electrons. The van der Waals surface area contributed by atoms with Gasteiger partial charge in [0.05, 0.1) is 0 Å². The fourth-order valence-electron chi connectivity index (χ4n) is 1.30. The highest BCUT2D eigenvalue weighted by molar-refractivity contribution is 5.78. The van der Waals surface area contributed by atoms with Crippen molar-refractivity contribution >= 4 is 5.97 Å². The van der Waals surface area contributed by atoms with E-state index in [4.69, 9.17) is 5.11 Å². The van der Waals surface area contributed by atoms with Gasteiger partial charge in [0.1, 0.15) is 5.54 Å². The Morgan fingerprint density at radius 1 is 1.73 bits per heavy atom. The molecule has 0 aliphatic heterocycles. The van der Waals surface area contributed by atoms with Crippen molar-refractivity contribution in [3.8, 4) is 0 Å². The van der Waals surface area contributed by atoms with Crippen LogP contribution in [-0.4, -0.2) is 33.4 Å². The fraction of sp³-hybridized carbons (Fsp3) is 0.600. The Bertz CT molecular complexity index is 348. The van der Waals surface area contributed by atoms with Crippen molar-refractivity contribution in [3.05, 3.63) is 18.0 Å². The number of rotatable bonds is 5. The summed E-state index contributed by atoms with van der Waals surface area (Å²) in [4.78, 5) is 11.0. The summed E-state index contributed by atoms with van der Waals surface area (Å²) in [6, 6.07) is 1.90. The molecular weight excluding hydrogens is 194 g/mol. The molecule has 0 saturated heterocycles. The Morgan fingerprint density at radius 3 is 2.80 bits per heavy atom. The van der Waals surface area contributed by atoms with Gasteiger partial charge in [0, 0.05) is 18.4 Å². The van der Waals surface area contributed by atoms with Crippen molar-refractivity contribution in [2.45, 2.75) is 32.4 Å².